The van der Waals surface area contributed by atoms with E-state index in [1.807, 2.05) is 29.2 Å². The minimum atomic E-state index is 0.106. The van der Waals surface area contributed by atoms with Crippen LogP contribution in [-0.4, -0.2) is 28.9 Å². The number of halogens is 1. The van der Waals surface area contributed by atoms with Crippen molar-refractivity contribution in [3.05, 3.63) is 35.0 Å². The van der Waals surface area contributed by atoms with E-state index in [9.17, 15) is 4.79 Å². The number of carbonyl (C=O) groups excluding carboxylic acids is 1. The largest absolute Gasteiger partial charge is 0.350 e. The number of rotatable bonds is 1. The van der Waals surface area contributed by atoms with Gasteiger partial charge in [0.25, 0.3) is 5.91 Å². The molecular formula is C15H17ClN2O. The molecule has 100 valence electrons. The topological polar surface area (TPSA) is 36.1 Å². The number of hydrogen-bond donors (Lipinski definition) is 1. The number of nitrogens with one attached hydrogen (secondary N) is 1. The summed E-state index contributed by atoms with van der Waals surface area (Å²) in [6.45, 7) is 1.74. The van der Waals surface area contributed by atoms with Crippen LogP contribution in [0.25, 0.3) is 10.9 Å². The average Bonchev–Trinajstić information content (AvgIpc) is 2.64. The van der Waals surface area contributed by atoms with Crippen LogP contribution in [0.2, 0.25) is 5.02 Å². The molecule has 1 aliphatic rings. The molecule has 4 heteroatoms. The number of amides is 1. The van der Waals surface area contributed by atoms with Gasteiger partial charge in [0.15, 0.2) is 0 Å². The molecule has 1 aromatic heterocycles. The minimum absolute atomic E-state index is 0.106. The highest BCUT2D eigenvalue weighted by Crippen LogP contribution is 2.21. The van der Waals surface area contributed by atoms with Crippen LogP contribution in [0.1, 0.15) is 36.2 Å². The minimum Gasteiger partial charge on any atom is -0.350 e. The molecule has 0 radical (unpaired) electrons. The molecule has 0 unspecified atom stereocenters. The van der Waals surface area contributed by atoms with Gasteiger partial charge < -0.3 is 9.88 Å². The van der Waals surface area contributed by atoms with Gasteiger partial charge in [-0.1, -0.05) is 30.5 Å². The second-order valence-electron chi connectivity index (χ2n) is 5.12. The first-order valence-electron chi connectivity index (χ1n) is 6.81. The molecule has 3 rings (SSSR count). The lowest BCUT2D eigenvalue weighted by Gasteiger charge is -2.19. The molecule has 3 nitrogen and oxygen atoms in total. The molecule has 0 saturated carbocycles. The van der Waals surface area contributed by atoms with Crippen LogP contribution in [0.3, 0.4) is 0 Å². The third-order valence-corrected chi connectivity index (χ3v) is 3.94. The van der Waals surface area contributed by atoms with Gasteiger partial charge >= 0.3 is 0 Å². The smallest absolute Gasteiger partial charge is 0.270 e. The molecular weight excluding hydrogens is 260 g/mol. The number of aromatic nitrogens is 1. The van der Waals surface area contributed by atoms with Gasteiger partial charge in [-0.2, -0.15) is 0 Å². The fourth-order valence-electron chi connectivity index (χ4n) is 2.66. The predicted molar refractivity (Wildman–Crippen MR) is 77.7 cm³/mol. The number of fused-ring (bicyclic) bond motifs is 1. The summed E-state index contributed by atoms with van der Waals surface area (Å²) < 4.78 is 0. The number of carbonyl (C=O) groups is 1. The molecule has 1 N–H and O–H groups in total. The van der Waals surface area contributed by atoms with E-state index < -0.39 is 0 Å². The van der Waals surface area contributed by atoms with Gasteiger partial charge in [0.05, 0.1) is 0 Å². The average molecular weight is 277 g/mol. The van der Waals surface area contributed by atoms with Crippen molar-refractivity contribution >= 4 is 28.4 Å². The SMILES string of the molecule is O=C(c1cc2ccc(Cl)cc2[nH]1)N1CCCCCC1. The van der Waals surface area contributed by atoms with Crippen LogP contribution >= 0.6 is 11.6 Å². The molecule has 1 aromatic carbocycles. The molecule has 1 amide bonds. The summed E-state index contributed by atoms with van der Waals surface area (Å²) in [6, 6.07) is 7.56. The molecule has 2 heterocycles. The summed E-state index contributed by atoms with van der Waals surface area (Å²) in [5.74, 6) is 0.106. The Labute approximate surface area is 117 Å². The summed E-state index contributed by atoms with van der Waals surface area (Å²) in [5.41, 5.74) is 1.59. The number of nitrogens with zero attached hydrogens (tertiary/aromatic N) is 1. The maximum absolute atomic E-state index is 12.5. The highest BCUT2D eigenvalue weighted by Gasteiger charge is 2.18. The van der Waals surface area contributed by atoms with Crippen LogP contribution in [-0.2, 0) is 0 Å². The van der Waals surface area contributed by atoms with E-state index in [4.69, 9.17) is 11.6 Å². The van der Waals surface area contributed by atoms with Gasteiger partial charge in [-0.15, -0.1) is 0 Å². The van der Waals surface area contributed by atoms with Crippen LogP contribution in [0.4, 0.5) is 0 Å². The van der Waals surface area contributed by atoms with E-state index in [1.165, 1.54) is 12.8 Å². The Morgan fingerprint density at radius 1 is 1.11 bits per heavy atom. The Hall–Kier alpha value is -1.48. The normalized spacial score (nSPS) is 16.6. The van der Waals surface area contributed by atoms with Gasteiger partial charge in [0.2, 0.25) is 0 Å². The van der Waals surface area contributed by atoms with Crippen molar-refractivity contribution in [1.82, 2.24) is 9.88 Å². The molecule has 0 aliphatic carbocycles. The zero-order valence-electron chi connectivity index (χ0n) is 10.8. The van der Waals surface area contributed by atoms with Gasteiger partial charge in [-0.25, -0.2) is 0 Å². The van der Waals surface area contributed by atoms with Gasteiger partial charge in [-0.3, -0.25) is 4.79 Å². The lowest BCUT2D eigenvalue weighted by Crippen LogP contribution is -2.32. The first kappa shape index (κ1) is 12.5. The summed E-state index contributed by atoms with van der Waals surface area (Å²) in [6.07, 6.45) is 4.67. The Balaban J connectivity index is 1.88. The number of likely N-dealkylation sites (tertiary alicyclic amines) is 1. The number of hydrogen-bond acceptors (Lipinski definition) is 1. The first-order chi connectivity index (χ1) is 9.24. The molecule has 1 saturated heterocycles. The van der Waals surface area contributed by atoms with Crippen molar-refractivity contribution in [3.63, 3.8) is 0 Å². The molecule has 0 spiro atoms. The second kappa shape index (κ2) is 5.25. The molecule has 1 fully saturated rings. The first-order valence-corrected chi connectivity index (χ1v) is 7.19. The van der Waals surface area contributed by atoms with Crippen LogP contribution in [0, 0.1) is 0 Å². The van der Waals surface area contributed by atoms with Crippen molar-refractivity contribution in [2.75, 3.05) is 13.1 Å². The van der Waals surface area contributed by atoms with Crippen LogP contribution in [0.15, 0.2) is 24.3 Å². The molecule has 0 bridgehead atoms. The molecule has 1 aliphatic heterocycles. The van der Waals surface area contributed by atoms with E-state index >= 15 is 0 Å². The summed E-state index contributed by atoms with van der Waals surface area (Å²) in [7, 11) is 0. The van der Waals surface area contributed by atoms with Crippen LogP contribution in [0.5, 0.6) is 0 Å². The number of H-pyrrole nitrogens is 1. The van der Waals surface area contributed by atoms with Crippen molar-refractivity contribution in [3.8, 4) is 0 Å². The maximum atomic E-state index is 12.5. The van der Waals surface area contributed by atoms with Crippen molar-refractivity contribution in [1.29, 1.82) is 0 Å². The zero-order chi connectivity index (χ0) is 13.2. The standard InChI is InChI=1S/C15H17ClN2O/c16-12-6-5-11-9-14(17-13(11)10-12)15(19)18-7-3-1-2-4-8-18/h5-6,9-10,17H,1-4,7-8H2. The fraction of sp³-hybridized carbons (Fsp3) is 0.400. The monoisotopic (exact) mass is 276 g/mol. The Morgan fingerprint density at radius 2 is 1.84 bits per heavy atom. The third kappa shape index (κ3) is 2.61. The maximum Gasteiger partial charge on any atom is 0.270 e. The quantitative estimate of drug-likeness (QED) is 0.844. The number of aromatic amines is 1. The third-order valence-electron chi connectivity index (χ3n) is 3.71. The van der Waals surface area contributed by atoms with Crippen molar-refractivity contribution < 1.29 is 4.79 Å². The second-order valence-corrected chi connectivity index (χ2v) is 5.56. The van der Waals surface area contributed by atoms with Gasteiger partial charge in [0, 0.05) is 29.0 Å². The van der Waals surface area contributed by atoms with E-state index in [-0.39, 0.29) is 5.91 Å². The van der Waals surface area contributed by atoms with Crippen LogP contribution < -0.4 is 0 Å². The van der Waals surface area contributed by atoms with E-state index in [2.05, 4.69) is 4.98 Å². The molecule has 19 heavy (non-hydrogen) atoms. The highest BCUT2D eigenvalue weighted by molar-refractivity contribution is 6.31. The van der Waals surface area contributed by atoms with Crippen molar-refractivity contribution in [2.24, 2.45) is 0 Å². The van der Waals surface area contributed by atoms with Crippen molar-refractivity contribution in [2.45, 2.75) is 25.7 Å². The molecule has 0 atom stereocenters. The molecule has 2 aromatic rings. The summed E-state index contributed by atoms with van der Waals surface area (Å²) in [4.78, 5) is 17.6. The Kier molecular flexibility index (Phi) is 3.47. The zero-order valence-corrected chi connectivity index (χ0v) is 11.5. The predicted octanol–water partition coefficient (Wildman–Crippen LogP) is 3.84. The van der Waals surface area contributed by atoms with E-state index in [1.54, 1.807) is 0 Å². The fourth-order valence-corrected chi connectivity index (χ4v) is 2.83. The Morgan fingerprint density at radius 3 is 2.58 bits per heavy atom. The highest BCUT2D eigenvalue weighted by atomic mass is 35.5. The van der Waals surface area contributed by atoms with Gasteiger partial charge in [-0.05, 0) is 31.0 Å². The lowest BCUT2D eigenvalue weighted by molar-refractivity contribution is 0.0757. The Bertz CT molecular complexity index is 597. The van der Waals surface area contributed by atoms with E-state index in [0.29, 0.717) is 10.7 Å². The van der Waals surface area contributed by atoms with E-state index in [0.717, 1.165) is 36.8 Å². The van der Waals surface area contributed by atoms with Gasteiger partial charge in [0.1, 0.15) is 5.69 Å². The summed E-state index contributed by atoms with van der Waals surface area (Å²) >= 11 is 5.96. The number of benzene rings is 1. The summed E-state index contributed by atoms with van der Waals surface area (Å²) in [5, 5.41) is 1.71. The lowest BCUT2D eigenvalue weighted by atomic mass is 10.2.